The van der Waals surface area contributed by atoms with E-state index in [-0.39, 0.29) is 29.8 Å². The second-order valence-corrected chi connectivity index (χ2v) is 8.27. The Bertz CT molecular complexity index is 1510. The van der Waals surface area contributed by atoms with Crippen molar-refractivity contribution in [3.05, 3.63) is 100.0 Å². The summed E-state index contributed by atoms with van der Waals surface area (Å²) < 4.78 is 23.9. The number of Topliss-reactive ketones (excluding diaryl/α,β-unsaturated/α-hetero) is 1. The molecule has 1 atom stereocenters. The number of anilines is 1. The van der Waals surface area contributed by atoms with Crippen molar-refractivity contribution in [2.24, 2.45) is 0 Å². The van der Waals surface area contributed by atoms with Gasteiger partial charge in [0.05, 0.1) is 24.3 Å². The molecule has 9 heteroatoms. The van der Waals surface area contributed by atoms with Gasteiger partial charge in [0.2, 0.25) is 11.7 Å². The number of hydrogen-bond donors (Lipinski definition) is 1. The van der Waals surface area contributed by atoms with E-state index in [0.29, 0.717) is 34.3 Å². The van der Waals surface area contributed by atoms with Gasteiger partial charge in [-0.25, -0.2) is 4.39 Å². The number of amides is 1. The quantitative estimate of drug-likeness (QED) is 0.288. The molecule has 1 aromatic carbocycles. The second kappa shape index (κ2) is 9.15. The molecule has 1 fully saturated rings. The van der Waals surface area contributed by atoms with E-state index < -0.39 is 23.5 Å². The fraction of sp³-hybridized carbons (Fsp3) is 0.185. The molecule has 1 N–H and O–H groups in total. The molecule has 1 saturated heterocycles. The highest BCUT2D eigenvalue weighted by Crippen LogP contribution is 2.39. The molecule has 36 heavy (non-hydrogen) atoms. The molecule has 2 aliphatic carbocycles. The van der Waals surface area contributed by atoms with Crippen LogP contribution in [0.5, 0.6) is 0 Å². The first-order chi connectivity index (χ1) is 17.4. The van der Waals surface area contributed by atoms with E-state index in [1.807, 2.05) is 0 Å². The predicted molar refractivity (Wildman–Crippen MR) is 127 cm³/mol. The number of rotatable bonds is 5. The fourth-order valence-corrected chi connectivity index (χ4v) is 4.27. The highest BCUT2D eigenvalue weighted by molar-refractivity contribution is 6.51. The van der Waals surface area contributed by atoms with E-state index in [1.54, 1.807) is 43.3 Å². The Balaban J connectivity index is 1.63. The highest BCUT2D eigenvalue weighted by atomic mass is 19.1. The van der Waals surface area contributed by atoms with Crippen LogP contribution in [0.15, 0.2) is 98.6 Å². The molecule has 1 unspecified atom stereocenters. The van der Waals surface area contributed by atoms with Gasteiger partial charge in [-0.1, -0.05) is 17.0 Å². The van der Waals surface area contributed by atoms with Crippen LogP contribution >= 0.6 is 0 Å². The Hall–Kier alpha value is -4.71. The number of carbonyl (C=O) groups excluding carboxylic acids is 2. The smallest absolute Gasteiger partial charge is 0.300 e. The summed E-state index contributed by atoms with van der Waals surface area (Å²) in [6.45, 7) is 1.68. The number of ether oxygens (including phenoxy) is 1. The highest BCUT2D eigenvalue weighted by Gasteiger charge is 2.48. The van der Waals surface area contributed by atoms with Crippen LogP contribution in [0, 0.1) is 6.92 Å². The van der Waals surface area contributed by atoms with Crippen molar-refractivity contribution in [3.63, 3.8) is 0 Å². The molecule has 1 aromatic heterocycles. The van der Waals surface area contributed by atoms with Crippen LogP contribution in [0.2, 0.25) is 0 Å². The van der Waals surface area contributed by atoms with Gasteiger partial charge in [0, 0.05) is 24.6 Å². The minimum atomic E-state index is -0.928. The Kier molecular flexibility index (Phi) is 5.86. The summed E-state index contributed by atoms with van der Waals surface area (Å²) in [5, 5.41) is 15.0. The van der Waals surface area contributed by atoms with E-state index in [9.17, 15) is 19.1 Å². The average molecular weight is 485 g/mol. The number of ketones is 1. The Morgan fingerprint density at radius 3 is 2.53 bits per heavy atom. The van der Waals surface area contributed by atoms with Gasteiger partial charge in [-0.15, -0.1) is 0 Å². The Morgan fingerprint density at radius 1 is 1.17 bits per heavy atom. The molecule has 8 nitrogen and oxygen atoms in total. The van der Waals surface area contributed by atoms with Gasteiger partial charge in [-0.05, 0) is 60.2 Å². The maximum atomic E-state index is 13.8. The van der Waals surface area contributed by atoms with Crippen LogP contribution in [0.25, 0.3) is 11.4 Å². The molecular formula is C27H20FN3O5. The van der Waals surface area contributed by atoms with E-state index in [1.165, 1.54) is 24.2 Å². The predicted octanol–water partition coefficient (Wildman–Crippen LogP) is 4.50. The number of aromatic nitrogens is 2. The molecule has 1 amide bonds. The van der Waals surface area contributed by atoms with Crippen molar-refractivity contribution in [3.8, 4) is 11.4 Å². The first-order valence-corrected chi connectivity index (χ1v) is 11.1. The molecule has 3 aliphatic rings. The summed E-state index contributed by atoms with van der Waals surface area (Å²) in [7, 11) is 1.47. The summed E-state index contributed by atoms with van der Waals surface area (Å²) >= 11 is 0. The van der Waals surface area contributed by atoms with Crippen LogP contribution < -0.4 is 4.90 Å². The maximum absolute atomic E-state index is 13.8. The molecule has 5 rings (SSSR count). The zero-order valence-electron chi connectivity index (χ0n) is 19.4. The first kappa shape index (κ1) is 23.1. The van der Waals surface area contributed by atoms with E-state index in [0.717, 1.165) is 0 Å². The lowest BCUT2D eigenvalue weighted by Gasteiger charge is -2.28. The van der Waals surface area contributed by atoms with Crippen LogP contribution in [0.4, 0.5) is 10.1 Å². The van der Waals surface area contributed by atoms with Crippen LogP contribution in [0.3, 0.4) is 0 Å². The molecule has 0 bridgehead atoms. The molecule has 0 radical (unpaired) electrons. The van der Waals surface area contributed by atoms with Gasteiger partial charge < -0.3 is 14.4 Å². The number of carbonyl (C=O) groups is 2. The number of benzene rings is 1. The van der Waals surface area contributed by atoms with Crippen molar-refractivity contribution in [1.82, 2.24) is 10.1 Å². The lowest BCUT2D eigenvalue weighted by molar-refractivity contribution is -0.132. The van der Waals surface area contributed by atoms with Gasteiger partial charge in [0.1, 0.15) is 11.6 Å². The summed E-state index contributed by atoms with van der Waals surface area (Å²) in [6.07, 6.45) is 6.35. The average Bonchev–Trinajstić information content (AvgIpc) is 3.45. The van der Waals surface area contributed by atoms with Gasteiger partial charge in [-0.3, -0.25) is 14.5 Å². The normalized spacial score (nSPS) is 20.8. The minimum absolute atomic E-state index is 0.102. The summed E-state index contributed by atoms with van der Waals surface area (Å²) in [6, 6.07) is 5.80. The number of halogens is 1. The summed E-state index contributed by atoms with van der Waals surface area (Å²) in [5.41, 5.74) is 7.28. The molecule has 0 saturated carbocycles. The van der Waals surface area contributed by atoms with Crippen molar-refractivity contribution < 1.29 is 28.3 Å². The monoisotopic (exact) mass is 485 g/mol. The number of hydrogen-bond acceptors (Lipinski definition) is 7. The first-order valence-electron chi connectivity index (χ1n) is 11.1. The van der Waals surface area contributed by atoms with Crippen molar-refractivity contribution in [2.45, 2.75) is 25.8 Å². The number of methoxy groups -OCH3 is 1. The van der Waals surface area contributed by atoms with E-state index in [4.69, 9.17) is 9.26 Å². The summed E-state index contributed by atoms with van der Waals surface area (Å²) in [5.74, 6) is -1.15. The Labute approximate surface area is 205 Å². The van der Waals surface area contributed by atoms with Crippen molar-refractivity contribution >= 4 is 17.4 Å². The summed E-state index contributed by atoms with van der Waals surface area (Å²) in [4.78, 5) is 32.0. The number of aryl methyl sites for hydroxylation is 1. The number of aliphatic hydroxyl groups excluding tert-OH is 1. The van der Waals surface area contributed by atoms with Gasteiger partial charge in [0.15, 0.2) is 5.76 Å². The second-order valence-electron chi connectivity index (χ2n) is 8.27. The van der Waals surface area contributed by atoms with Crippen LogP contribution in [-0.4, -0.2) is 40.1 Å². The van der Waals surface area contributed by atoms with Gasteiger partial charge in [0.25, 0.3) is 11.7 Å². The number of allylic oxidation sites excluding steroid dienone is 5. The largest absolute Gasteiger partial charge is 0.506 e. The van der Waals surface area contributed by atoms with Gasteiger partial charge >= 0.3 is 0 Å². The van der Waals surface area contributed by atoms with Crippen molar-refractivity contribution in [2.75, 3.05) is 12.0 Å². The van der Waals surface area contributed by atoms with E-state index >= 15 is 0 Å². The van der Waals surface area contributed by atoms with E-state index in [2.05, 4.69) is 21.6 Å². The van der Waals surface area contributed by atoms with Crippen LogP contribution in [0.1, 0.15) is 18.7 Å². The molecular weight excluding hydrogens is 465 g/mol. The zero-order chi connectivity index (χ0) is 25.4. The molecule has 180 valence electrons. The third kappa shape index (κ3) is 4.03. The third-order valence-electron chi connectivity index (χ3n) is 6.05. The minimum Gasteiger partial charge on any atom is -0.506 e. The standard InChI is InChI=1S/C27H20FN3O5/c1-15-29-26(30-36-15)18-5-11-20(12-6-18)31-23(16-3-9-19(28)10-4-16)22(25(33)27(31)34)24(32)17-7-13-21(35-2)14-8-17/h3,5-7,9,11-13,23,32H,4,10H2,1-2H3/b24-22-. The lowest BCUT2D eigenvalue weighted by Crippen LogP contribution is -2.36. The Morgan fingerprint density at radius 2 is 1.94 bits per heavy atom. The molecule has 0 spiro atoms. The number of aliphatic hydroxyl groups is 1. The lowest BCUT2D eigenvalue weighted by atomic mass is 9.90. The van der Waals surface area contributed by atoms with Crippen LogP contribution in [-0.2, 0) is 14.3 Å². The number of nitrogens with zero attached hydrogens (tertiary/aromatic N) is 3. The molecule has 2 heterocycles. The third-order valence-corrected chi connectivity index (χ3v) is 6.05. The molecule has 1 aliphatic heterocycles. The zero-order valence-corrected chi connectivity index (χ0v) is 19.4. The molecule has 2 aromatic rings. The SMILES string of the molecule is COC1=C=C=C(/C(O)=C2/C(=O)C(=O)N(c3ccc(-c4noc(C)n4)cc3)C2C2=CC=C(F)CC2)C=C1. The topological polar surface area (TPSA) is 106 Å². The fourth-order valence-electron chi connectivity index (χ4n) is 4.27. The van der Waals surface area contributed by atoms with Crippen molar-refractivity contribution in [1.29, 1.82) is 0 Å². The maximum Gasteiger partial charge on any atom is 0.300 e. The van der Waals surface area contributed by atoms with Gasteiger partial charge in [-0.2, -0.15) is 4.98 Å².